The van der Waals surface area contributed by atoms with Crippen molar-refractivity contribution < 1.29 is 42.9 Å². The first-order chi connectivity index (χ1) is 22.2. The average molecular weight is 691 g/mol. The predicted molar refractivity (Wildman–Crippen MR) is 179 cm³/mol. The molecule has 0 radical (unpaired) electrons. The van der Waals surface area contributed by atoms with Crippen LogP contribution in [0.15, 0.2) is 6.20 Å². The molecule has 264 valence electrons. The van der Waals surface area contributed by atoms with Gasteiger partial charge in [0.1, 0.15) is 19.0 Å². The largest absolute Gasteiger partial charge is 0.465 e. The fourth-order valence-electron chi connectivity index (χ4n) is 3.90. The molecule has 0 aliphatic rings. The zero-order chi connectivity index (χ0) is 34.0. The van der Waals surface area contributed by atoms with Crippen molar-refractivity contribution in [1.29, 1.82) is 0 Å². The maximum Gasteiger partial charge on any atom is 0.309 e. The number of ether oxygens (including phenoxy) is 5. The molecule has 2 unspecified atom stereocenters. The second-order valence-electron chi connectivity index (χ2n) is 10.7. The number of aromatic nitrogens is 3. The molecule has 1 rings (SSSR count). The quantitative estimate of drug-likeness (QED) is 0.0688. The van der Waals surface area contributed by atoms with Crippen LogP contribution in [-0.4, -0.2) is 126 Å². The Morgan fingerprint density at radius 2 is 1.46 bits per heavy atom. The molecule has 15 heteroatoms. The highest BCUT2D eigenvalue weighted by atomic mass is 32.2. The first-order valence-electron chi connectivity index (χ1n) is 16.0. The second kappa shape index (κ2) is 26.8. The first-order valence-corrected chi connectivity index (χ1v) is 18.3. The normalized spacial score (nSPS) is 12.6. The zero-order valence-electron chi connectivity index (χ0n) is 28.2. The Bertz CT molecular complexity index is 949. The summed E-state index contributed by atoms with van der Waals surface area (Å²) in [6.07, 6.45) is 2.95. The molecule has 0 spiro atoms. The molecule has 0 amide bonds. The van der Waals surface area contributed by atoms with Crippen LogP contribution in [0.5, 0.6) is 0 Å². The number of rotatable bonds is 29. The number of carbonyl (C=O) groups excluding carboxylic acids is 4. The van der Waals surface area contributed by atoms with Crippen LogP contribution >= 0.6 is 23.5 Å². The molecule has 2 atom stereocenters. The molecule has 0 aliphatic carbocycles. The van der Waals surface area contributed by atoms with Crippen molar-refractivity contribution in [2.45, 2.75) is 66.5 Å². The van der Waals surface area contributed by atoms with Gasteiger partial charge in [-0.2, -0.15) is 23.5 Å². The summed E-state index contributed by atoms with van der Waals surface area (Å²) in [5.74, 6) is 1.98. The Hall–Kier alpha value is -2.20. The highest BCUT2D eigenvalue weighted by Crippen LogP contribution is 2.11. The van der Waals surface area contributed by atoms with Gasteiger partial charge < -0.3 is 23.7 Å². The van der Waals surface area contributed by atoms with E-state index in [0.29, 0.717) is 70.3 Å². The Balaban J connectivity index is 2.55. The Morgan fingerprint density at radius 3 is 2.11 bits per heavy atom. The van der Waals surface area contributed by atoms with E-state index in [2.05, 4.69) is 10.3 Å². The van der Waals surface area contributed by atoms with Crippen molar-refractivity contribution in [3.63, 3.8) is 0 Å². The lowest BCUT2D eigenvalue weighted by Crippen LogP contribution is -2.29. The molecule has 1 aromatic rings. The number of methoxy groups -OCH3 is 1. The molecular formula is C31H54N4O9S2. The molecule has 1 aromatic heterocycles. The molecule has 1 heterocycles. The fourth-order valence-corrected chi connectivity index (χ4v) is 5.35. The van der Waals surface area contributed by atoms with E-state index in [4.69, 9.17) is 23.7 Å². The van der Waals surface area contributed by atoms with Gasteiger partial charge in [0.25, 0.3) is 0 Å². The van der Waals surface area contributed by atoms with E-state index in [0.717, 1.165) is 17.3 Å². The van der Waals surface area contributed by atoms with E-state index in [-0.39, 0.29) is 62.2 Å². The van der Waals surface area contributed by atoms with Crippen molar-refractivity contribution in [3.05, 3.63) is 11.9 Å². The van der Waals surface area contributed by atoms with Crippen LogP contribution < -0.4 is 0 Å². The SMILES string of the molecule is CCSCC(C)C(=O)OCCCC(=O)CCN(CCC(=O)OCCOC(=O)C(C)CSCC)Cc1cn(CCOCCOC)nn1. The topological polar surface area (TPSA) is 148 Å². The van der Waals surface area contributed by atoms with Gasteiger partial charge >= 0.3 is 17.9 Å². The minimum absolute atomic E-state index is 0.00807. The van der Waals surface area contributed by atoms with Gasteiger partial charge in [-0.1, -0.05) is 32.9 Å². The van der Waals surface area contributed by atoms with Crippen LogP contribution in [0.25, 0.3) is 0 Å². The number of thioether (sulfide) groups is 2. The van der Waals surface area contributed by atoms with Gasteiger partial charge in [-0.3, -0.25) is 24.1 Å². The zero-order valence-corrected chi connectivity index (χ0v) is 29.9. The standard InChI is InChI=1S/C31H54N4O9S2/c1-6-45-23-25(3)30(38)43-15-8-9-28(36)10-12-34(21-27-22-35(33-32-27)14-16-41-18-17-40-5)13-11-29(37)42-19-20-44-31(39)26(4)24-46-7-2/h22,25-26H,6-21,23-24H2,1-5H3. The lowest BCUT2D eigenvalue weighted by atomic mass is 10.1. The first kappa shape index (κ1) is 41.8. The molecule has 0 fully saturated rings. The van der Waals surface area contributed by atoms with Crippen LogP contribution in [0, 0.1) is 11.8 Å². The molecule has 0 aliphatic heterocycles. The minimum atomic E-state index is -0.424. The minimum Gasteiger partial charge on any atom is -0.465 e. The van der Waals surface area contributed by atoms with E-state index in [9.17, 15) is 19.2 Å². The molecule has 0 saturated carbocycles. The smallest absolute Gasteiger partial charge is 0.309 e. The van der Waals surface area contributed by atoms with Gasteiger partial charge in [0, 0.05) is 57.3 Å². The van der Waals surface area contributed by atoms with Gasteiger partial charge in [0.05, 0.1) is 56.9 Å². The number of hydrogen-bond acceptors (Lipinski definition) is 14. The Morgan fingerprint density at radius 1 is 0.826 bits per heavy atom. The van der Waals surface area contributed by atoms with E-state index >= 15 is 0 Å². The van der Waals surface area contributed by atoms with Gasteiger partial charge in [-0.15, -0.1) is 5.10 Å². The third-order valence-electron chi connectivity index (χ3n) is 6.59. The highest BCUT2D eigenvalue weighted by molar-refractivity contribution is 7.99. The summed E-state index contributed by atoms with van der Waals surface area (Å²) in [4.78, 5) is 51.1. The van der Waals surface area contributed by atoms with Crippen molar-refractivity contribution in [1.82, 2.24) is 19.9 Å². The van der Waals surface area contributed by atoms with E-state index in [1.165, 1.54) is 0 Å². The molecule has 46 heavy (non-hydrogen) atoms. The van der Waals surface area contributed by atoms with Crippen LogP contribution in [-0.2, 0) is 56.0 Å². The molecule has 0 aromatic carbocycles. The number of hydrogen-bond donors (Lipinski definition) is 0. The molecule has 0 bridgehead atoms. The number of carbonyl (C=O) groups is 4. The predicted octanol–water partition coefficient (Wildman–Crippen LogP) is 3.28. The number of nitrogens with zero attached hydrogens (tertiary/aromatic N) is 4. The average Bonchev–Trinajstić information content (AvgIpc) is 3.50. The summed E-state index contributed by atoms with van der Waals surface area (Å²) in [7, 11) is 1.62. The summed E-state index contributed by atoms with van der Waals surface area (Å²) in [5, 5.41) is 8.38. The van der Waals surface area contributed by atoms with E-state index in [1.54, 1.807) is 35.3 Å². The maximum atomic E-state index is 12.6. The van der Waals surface area contributed by atoms with Gasteiger partial charge in [0.15, 0.2) is 0 Å². The summed E-state index contributed by atoms with van der Waals surface area (Å²) in [6.45, 7) is 11.1. The van der Waals surface area contributed by atoms with Crippen LogP contribution in [0.4, 0.5) is 0 Å². The molecule has 0 N–H and O–H groups in total. The van der Waals surface area contributed by atoms with Crippen molar-refractivity contribution >= 4 is 47.2 Å². The molecular weight excluding hydrogens is 636 g/mol. The van der Waals surface area contributed by atoms with Crippen LogP contribution in [0.1, 0.15) is 59.1 Å². The lowest BCUT2D eigenvalue weighted by Gasteiger charge is -2.20. The summed E-state index contributed by atoms with van der Waals surface area (Å²) in [6, 6.07) is 0. The van der Waals surface area contributed by atoms with Crippen LogP contribution in [0.2, 0.25) is 0 Å². The van der Waals surface area contributed by atoms with E-state index < -0.39 is 5.97 Å². The fraction of sp³-hybridized carbons (Fsp3) is 0.806. The van der Waals surface area contributed by atoms with E-state index in [1.807, 2.05) is 38.8 Å². The van der Waals surface area contributed by atoms with Gasteiger partial charge in [-0.25, -0.2) is 4.68 Å². The maximum absolute atomic E-state index is 12.6. The number of ketones is 1. The molecule has 0 saturated heterocycles. The second-order valence-corrected chi connectivity index (χ2v) is 13.3. The number of Topliss-reactive ketones (excluding diaryl/α,β-unsaturated/α-hetero) is 1. The number of esters is 3. The summed E-state index contributed by atoms with van der Waals surface area (Å²) in [5.41, 5.74) is 0.697. The van der Waals surface area contributed by atoms with Crippen molar-refractivity contribution in [3.8, 4) is 0 Å². The summed E-state index contributed by atoms with van der Waals surface area (Å²) >= 11 is 3.36. The third-order valence-corrected chi connectivity index (χ3v) is 8.88. The monoisotopic (exact) mass is 690 g/mol. The van der Waals surface area contributed by atoms with Crippen molar-refractivity contribution in [2.75, 3.05) is 82.9 Å². The summed E-state index contributed by atoms with van der Waals surface area (Å²) < 4.78 is 27.9. The Kier molecular flexibility index (Phi) is 24.4. The van der Waals surface area contributed by atoms with Gasteiger partial charge in [-0.05, 0) is 17.9 Å². The molecule has 13 nitrogen and oxygen atoms in total. The van der Waals surface area contributed by atoms with Gasteiger partial charge in [0.2, 0.25) is 0 Å². The lowest BCUT2D eigenvalue weighted by molar-refractivity contribution is -0.154. The van der Waals surface area contributed by atoms with Crippen molar-refractivity contribution in [2.24, 2.45) is 11.8 Å². The Labute approximate surface area is 282 Å². The third kappa shape index (κ3) is 20.8. The van der Waals surface area contributed by atoms with Crippen LogP contribution in [0.3, 0.4) is 0 Å². The highest BCUT2D eigenvalue weighted by Gasteiger charge is 2.17.